The predicted molar refractivity (Wildman–Crippen MR) is 108 cm³/mol. The smallest absolute Gasteiger partial charge is 0.131 e. The van der Waals surface area contributed by atoms with Gasteiger partial charge in [-0.25, -0.2) is 4.99 Å². The molecule has 0 atom stereocenters. The van der Waals surface area contributed by atoms with Gasteiger partial charge in [-0.15, -0.1) is 36.2 Å². The molecule has 2 aliphatic heterocycles. The molecule has 4 nitrogen and oxygen atoms in total. The second-order valence-electron chi connectivity index (χ2n) is 6.12. The molecule has 3 heterocycles. The van der Waals surface area contributed by atoms with E-state index in [0.29, 0.717) is 0 Å². The lowest BCUT2D eigenvalue weighted by atomic mass is 10.0. The Morgan fingerprint density at radius 3 is 2.54 bits per heavy atom. The number of thiophene rings is 1. The fraction of sp³-hybridized carbons (Fsp3) is 0.412. The van der Waals surface area contributed by atoms with Gasteiger partial charge in [0.05, 0.1) is 11.4 Å². The van der Waals surface area contributed by atoms with Crippen molar-refractivity contribution < 1.29 is 0 Å². The lowest BCUT2D eigenvalue weighted by Crippen LogP contribution is -2.46. The van der Waals surface area contributed by atoms with Gasteiger partial charge in [-0.3, -0.25) is 4.99 Å². The van der Waals surface area contributed by atoms with Crippen molar-refractivity contribution in [2.45, 2.75) is 13.3 Å². The maximum Gasteiger partial charge on any atom is 0.131 e. The van der Waals surface area contributed by atoms with Crippen LogP contribution in [0.15, 0.2) is 38.9 Å². The third kappa shape index (κ3) is 3.75. The molecule has 0 bridgehead atoms. The van der Waals surface area contributed by atoms with E-state index in [9.17, 15) is 0 Å². The number of hydrogen-bond donors (Lipinski definition) is 0. The van der Waals surface area contributed by atoms with Crippen molar-refractivity contribution in [2.75, 3.05) is 33.2 Å². The third-order valence-corrected chi connectivity index (χ3v) is 5.32. The number of fused-ring (bicyclic) bond motifs is 2. The number of amidine groups is 1. The molecule has 1 aliphatic carbocycles. The minimum atomic E-state index is 0. The van der Waals surface area contributed by atoms with Crippen LogP contribution in [0.2, 0.25) is 0 Å². The molecule has 0 saturated carbocycles. The maximum absolute atomic E-state index is 4.96. The van der Waals surface area contributed by atoms with Crippen molar-refractivity contribution in [2.24, 2.45) is 9.98 Å². The van der Waals surface area contributed by atoms with Crippen LogP contribution in [0, 0.1) is 0 Å². The Balaban J connectivity index is 0.00000104. The fourth-order valence-electron chi connectivity index (χ4n) is 3.08. The molecular formula is C17H22Cl2N4S. The molecule has 0 amide bonds. The fourth-order valence-corrected chi connectivity index (χ4v) is 3.93. The van der Waals surface area contributed by atoms with Crippen molar-refractivity contribution in [3.8, 4) is 0 Å². The van der Waals surface area contributed by atoms with E-state index in [-0.39, 0.29) is 24.8 Å². The van der Waals surface area contributed by atoms with Crippen LogP contribution in [-0.4, -0.2) is 54.6 Å². The number of hydrogen-bond acceptors (Lipinski definition) is 5. The molecule has 1 aromatic heterocycles. The van der Waals surface area contributed by atoms with E-state index in [1.165, 1.54) is 10.4 Å². The second-order valence-corrected chi connectivity index (χ2v) is 7.07. The molecule has 4 rings (SSSR count). The zero-order valence-corrected chi connectivity index (χ0v) is 16.3. The van der Waals surface area contributed by atoms with Gasteiger partial charge in [0.2, 0.25) is 0 Å². The number of allylic oxidation sites excluding steroid dienone is 2. The highest BCUT2D eigenvalue weighted by Gasteiger charge is 2.23. The number of aliphatic imine (C=N–C) groups is 2. The normalized spacial score (nSPS) is 20.2. The van der Waals surface area contributed by atoms with Crippen LogP contribution >= 0.6 is 36.2 Å². The van der Waals surface area contributed by atoms with Gasteiger partial charge >= 0.3 is 0 Å². The summed E-state index contributed by atoms with van der Waals surface area (Å²) in [7, 11) is 2.18. The van der Waals surface area contributed by atoms with Gasteiger partial charge in [0.1, 0.15) is 5.84 Å². The van der Waals surface area contributed by atoms with Gasteiger partial charge in [0.25, 0.3) is 0 Å². The molecule has 0 unspecified atom stereocenters. The topological polar surface area (TPSA) is 31.2 Å². The Bertz CT molecular complexity index is 725. The lowest BCUT2D eigenvalue weighted by Gasteiger charge is -2.33. The van der Waals surface area contributed by atoms with Crippen LogP contribution in [0.25, 0.3) is 6.08 Å². The summed E-state index contributed by atoms with van der Waals surface area (Å²) in [5, 5.41) is 2.15. The average Bonchev–Trinajstić information content (AvgIpc) is 2.87. The van der Waals surface area contributed by atoms with Crippen LogP contribution < -0.4 is 0 Å². The summed E-state index contributed by atoms with van der Waals surface area (Å²) >= 11 is 1.79. The third-order valence-electron chi connectivity index (χ3n) is 4.41. The van der Waals surface area contributed by atoms with Crippen molar-refractivity contribution in [1.82, 2.24) is 9.80 Å². The van der Waals surface area contributed by atoms with E-state index in [0.717, 1.165) is 55.5 Å². The number of likely N-dealkylation sites (N-methyl/N-ethyl adjacent to an activating group) is 1. The van der Waals surface area contributed by atoms with Crippen molar-refractivity contribution >= 4 is 53.8 Å². The minimum absolute atomic E-state index is 0. The highest BCUT2D eigenvalue weighted by atomic mass is 35.5. The van der Waals surface area contributed by atoms with Crippen LogP contribution in [-0.2, 0) is 6.42 Å². The summed E-state index contributed by atoms with van der Waals surface area (Å²) < 4.78 is 0. The predicted octanol–water partition coefficient (Wildman–Crippen LogP) is 3.49. The molecule has 7 heteroatoms. The first-order chi connectivity index (χ1) is 10.7. The van der Waals surface area contributed by atoms with Gasteiger partial charge < -0.3 is 9.80 Å². The highest BCUT2D eigenvalue weighted by Crippen LogP contribution is 2.29. The van der Waals surface area contributed by atoms with Crippen LogP contribution in [0.5, 0.6) is 0 Å². The number of rotatable bonds is 0. The molecule has 1 fully saturated rings. The summed E-state index contributed by atoms with van der Waals surface area (Å²) in [4.78, 5) is 15.8. The van der Waals surface area contributed by atoms with Crippen LogP contribution in [0.4, 0.5) is 0 Å². The van der Waals surface area contributed by atoms with E-state index >= 15 is 0 Å². The first kappa shape index (κ1) is 19.2. The Morgan fingerprint density at radius 1 is 1.04 bits per heavy atom. The standard InChI is InChI=1S/C17H20N4S.2ClH/c1-12-9-17(21-6-4-20(2)5-7-21)19-15-11-16-13(3-8-22-16)10-14(15)18-12;;/h3,8-9,11H,4-7,10H2,1-2H3;2*1H. The zero-order chi connectivity index (χ0) is 15.1. The van der Waals surface area contributed by atoms with Crippen LogP contribution in [0.1, 0.15) is 17.4 Å². The summed E-state index contributed by atoms with van der Waals surface area (Å²) in [6.07, 6.45) is 5.23. The van der Waals surface area contributed by atoms with E-state index in [1.807, 2.05) is 0 Å². The number of piperazine rings is 1. The molecule has 0 N–H and O–H groups in total. The lowest BCUT2D eigenvalue weighted by molar-refractivity contribution is 0.216. The molecular weight excluding hydrogens is 363 g/mol. The molecule has 0 aromatic carbocycles. The molecule has 3 aliphatic rings. The van der Waals surface area contributed by atoms with E-state index < -0.39 is 0 Å². The SMILES string of the molecule is CC1=CC(N2CCN(C)CC2)=NC2=Cc3sccc3CC2=N1.Cl.Cl. The van der Waals surface area contributed by atoms with Gasteiger partial charge in [-0.2, -0.15) is 0 Å². The zero-order valence-electron chi connectivity index (χ0n) is 13.9. The Labute approximate surface area is 159 Å². The molecule has 1 aromatic rings. The first-order valence-electron chi connectivity index (χ1n) is 7.75. The van der Waals surface area contributed by atoms with Gasteiger partial charge in [0.15, 0.2) is 0 Å². The van der Waals surface area contributed by atoms with Gasteiger partial charge in [0, 0.05) is 49.3 Å². The molecule has 1 saturated heterocycles. The Hall–Kier alpha value is -1.14. The van der Waals surface area contributed by atoms with Crippen molar-refractivity contribution in [3.05, 3.63) is 39.4 Å². The van der Waals surface area contributed by atoms with E-state index in [2.05, 4.69) is 47.4 Å². The van der Waals surface area contributed by atoms with E-state index in [4.69, 9.17) is 9.98 Å². The number of halogens is 2. The van der Waals surface area contributed by atoms with E-state index in [1.54, 1.807) is 11.3 Å². The Kier molecular flexibility index (Phi) is 6.26. The van der Waals surface area contributed by atoms with Gasteiger partial charge in [-0.05, 0) is 37.1 Å². The quantitative estimate of drug-likeness (QED) is 0.685. The van der Waals surface area contributed by atoms with Crippen molar-refractivity contribution in [1.29, 1.82) is 0 Å². The monoisotopic (exact) mass is 384 g/mol. The second kappa shape index (κ2) is 7.83. The average molecular weight is 385 g/mol. The first-order valence-corrected chi connectivity index (χ1v) is 8.63. The molecule has 24 heavy (non-hydrogen) atoms. The Morgan fingerprint density at radius 2 is 1.79 bits per heavy atom. The number of nitrogens with zero attached hydrogens (tertiary/aromatic N) is 4. The maximum atomic E-state index is 4.96. The van der Waals surface area contributed by atoms with Gasteiger partial charge in [-0.1, -0.05) is 0 Å². The van der Waals surface area contributed by atoms with Crippen molar-refractivity contribution in [3.63, 3.8) is 0 Å². The summed E-state index contributed by atoms with van der Waals surface area (Å²) in [6.45, 7) is 6.32. The highest BCUT2D eigenvalue weighted by molar-refractivity contribution is 7.11. The largest absolute Gasteiger partial charge is 0.354 e. The summed E-state index contributed by atoms with van der Waals surface area (Å²) in [5.41, 5.74) is 4.56. The molecule has 130 valence electrons. The summed E-state index contributed by atoms with van der Waals surface area (Å²) in [5.74, 6) is 1.07. The summed E-state index contributed by atoms with van der Waals surface area (Å²) in [6, 6.07) is 2.20. The molecule has 0 radical (unpaired) electrons. The van der Waals surface area contributed by atoms with Crippen LogP contribution in [0.3, 0.4) is 0 Å². The molecule has 0 spiro atoms. The minimum Gasteiger partial charge on any atom is -0.354 e.